The summed E-state index contributed by atoms with van der Waals surface area (Å²) in [7, 11) is 1.62. The fraction of sp³-hybridized carbons (Fsp3) is 0.278. The van der Waals surface area contributed by atoms with Crippen LogP contribution in [-0.4, -0.2) is 18.8 Å². The van der Waals surface area contributed by atoms with E-state index in [0.29, 0.717) is 17.1 Å². The van der Waals surface area contributed by atoms with Gasteiger partial charge in [0.25, 0.3) is 0 Å². The number of carbonyl (C=O) groups excluding carboxylic acids is 1. The summed E-state index contributed by atoms with van der Waals surface area (Å²) in [5, 5.41) is 2.94. The molecule has 5 heteroatoms. The Hall–Kier alpha value is -2.01. The monoisotopic (exact) mass is 333 g/mol. The molecule has 0 aliphatic rings. The third-order valence-corrected chi connectivity index (χ3v) is 4.42. The molecule has 1 N–H and O–H groups in total. The molecule has 0 saturated carbocycles. The second kappa shape index (κ2) is 8.58. The van der Waals surface area contributed by atoms with Crippen LogP contribution in [0.5, 0.6) is 5.75 Å². The number of amides is 1. The lowest BCUT2D eigenvalue weighted by Crippen LogP contribution is -2.28. The highest BCUT2D eigenvalue weighted by atomic mass is 32.2. The van der Waals surface area contributed by atoms with Gasteiger partial charge in [-0.25, -0.2) is 4.39 Å². The predicted molar refractivity (Wildman–Crippen MR) is 92.1 cm³/mol. The number of thioether (sulfide) groups is 1. The van der Waals surface area contributed by atoms with E-state index in [2.05, 4.69) is 5.32 Å². The Morgan fingerprint density at radius 2 is 1.91 bits per heavy atom. The minimum absolute atomic E-state index is 0.0605. The van der Waals surface area contributed by atoms with Crippen LogP contribution in [0.2, 0.25) is 0 Å². The second-order valence-electron chi connectivity index (χ2n) is 5.15. The third-order valence-electron chi connectivity index (χ3n) is 3.44. The summed E-state index contributed by atoms with van der Waals surface area (Å²) in [5.41, 5.74) is 1.63. The number of benzene rings is 2. The van der Waals surface area contributed by atoms with E-state index in [1.165, 1.54) is 17.8 Å². The molecular weight excluding hydrogens is 313 g/mol. The molecule has 0 fully saturated rings. The molecule has 0 aliphatic carbocycles. The number of nitrogens with one attached hydrogen (secondary N) is 1. The molecule has 2 aromatic rings. The Bertz CT molecular complexity index is 646. The molecule has 0 aromatic heterocycles. The average molecular weight is 333 g/mol. The quantitative estimate of drug-likeness (QED) is 0.834. The molecule has 0 radical (unpaired) electrons. The highest BCUT2D eigenvalue weighted by Crippen LogP contribution is 2.18. The lowest BCUT2D eigenvalue weighted by molar-refractivity contribution is -0.119. The van der Waals surface area contributed by atoms with Crippen LogP contribution in [0.15, 0.2) is 48.5 Å². The Labute approximate surface area is 140 Å². The first-order chi connectivity index (χ1) is 11.1. The van der Waals surface area contributed by atoms with Gasteiger partial charge in [0.05, 0.1) is 18.9 Å². The van der Waals surface area contributed by atoms with Crippen LogP contribution in [0.4, 0.5) is 4.39 Å². The molecule has 0 bridgehead atoms. The van der Waals surface area contributed by atoms with Crippen LogP contribution in [0.1, 0.15) is 24.1 Å². The first-order valence-corrected chi connectivity index (χ1v) is 8.50. The van der Waals surface area contributed by atoms with Gasteiger partial charge in [-0.1, -0.05) is 30.3 Å². The molecule has 0 spiro atoms. The lowest BCUT2D eigenvalue weighted by Gasteiger charge is -2.14. The molecule has 1 atom stereocenters. The van der Waals surface area contributed by atoms with Crippen molar-refractivity contribution in [2.75, 3.05) is 12.9 Å². The van der Waals surface area contributed by atoms with Gasteiger partial charge in [0, 0.05) is 5.75 Å². The zero-order chi connectivity index (χ0) is 16.7. The third kappa shape index (κ3) is 5.28. The SMILES string of the molecule is COc1ccc([C@@H](C)NC(=O)CSCc2ccccc2F)cc1. The first kappa shape index (κ1) is 17.3. The number of carbonyl (C=O) groups is 1. The van der Waals surface area contributed by atoms with Crippen molar-refractivity contribution in [2.24, 2.45) is 0 Å². The normalized spacial score (nSPS) is 11.8. The zero-order valence-electron chi connectivity index (χ0n) is 13.2. The summed E-state index contributed by atoms with van der Waals surface area (Å²) >= 11 is 1.40. The second-order valence-corrected chi connectivity index (χ2v) is 6.13. The summed E-state index contributed by atoms with van der Waals surface area (Å²) in [6.07, 6.45) is 0. The molecule has 2 rings (SSSR count). The molecule has 0 heterocycles. The fourth-order valence-corrected chi connectivity index (χ4v) is 2.95. The standard InChI is InChI=1S/C18H20FNO2S/c1-13(14-7-9-16(22-2)10-8-14)20-18(21)12-23-11-15-5-3-4-6-17(15)19/h3-10,13H,11-12H2,1-2H3,(H,20,21)/t13-/m1/s1. The van der Waals surface area contributed by atoms with Gasteiger partial charge in [-0.15, -0.1) is 11.8 Å². The van der Waals surface area contributed by atoms with Crippen molar-refractivity contribution in [2.45, 2.75) is 18.7 Å². The summed E-state index contributed by atoms with van der Waals surface area (Å²) < 4.78 is 18.6. The van der Waals surface area contributed by atoms with Crippen LogP contribution in [0, 0.1) is 5.82 Å². The molecule has 23 heavy (non-hydrogen) atoms. The largest absolute Gasteiger partial charge is 0.497 e. The van der Waals surface area contributed by atoms with E-state index in [1.807, 2.05) is 31.2 Å². The van der Waals surface area contributed by atoms with Crippen molar-refractivity contribution in [1.29, 1.82) is 0 Å². The van der Waals surface area contributed by atoms with Crippen LogP contribution in [0.3, 0.4) is 0 Å². The molecule has 2 aromatic carbocycles. The van der Waals surface area contributed by atoms with Crippen LogP contribution >= 0.6 is 11.8 Å². The minimum atomic E-state index is -0.230. The lowest BCUT2D eigenvalue weighted by atomic mass is 10.1. The van der Waals surface area contributed by atoms with Gasteiger partial charge in [-0.05, 0) is 36.2 Å². The Morgan fingerprint density at radius 3 is 2.57 bits per heavy atom. The van der Waals surface area contributed by atoms with E-state index >= 15 is 0 Å². The Balaban J connectivity index is 1.78. The van der Waals surface area contributed by atoms with E-state index in [4.69, 9.17) is 4.74 Å². The molecule has 3 nitrogen and oxygen atoms in total. The van der Waals surface area contributed by atoms with Crippen molar-refractivity contribution < 1.29 is 13.9 Å². The Kier molecular flexibility index (Phi) is 6.47. The van der Waals surface area contributed by atoms with Gasteiger partial charge < -0.3 is 10.1 Å². The predicted octanol–water partition coefficient (Wildman–Crippen LogP) is 3.94. The van der Waals surface area contributed by atoms with Crippen LogP contribution < -0.4 is 10.1 Å². The molecule has 1 amide bonds. The van der Waals surface area contributed by atoms with Crippen LogP contribution in [0.25, 0.3) is 0 Å². The highest BCUT2D eigenvalue weighted by molar-refractivity contribution is 7.99. The fourth-order valence-electron chi connectivity index (χ4n) is 2.13. The molecule has 0 aliphatic heterocycles. The van der Waals surface area contributed by atoms with Gasteiger partial charge in [-0.3, -0.25) is 4.79 Å². The van der Waals surface area contributed by atoms with Gasteiger partial charge in [0.2, 0.25) is 5.91 Å². The maximum absolute atomic E-state index is 13.5. The average Bonchev–Trinajstić information content (AvgIpc) is 2.56. The number of methoxy groups -OCH3 is 1. The summed E-state index contributed by atoms with van der Waals surface area (Å²) in [6.45, 7) is 1.93. The van der Waals surface area contributed by atoms with Crippen molar-refractivity contribution in [1.82, 2.24) is 5.32 Å². The summed E-state index contributed by atoms with van der Waals surface area (Å²) in [5.74, 6) is 1.28. The van der Waals surface area contributed by atoms with Gasteiger partial charge >= 0.3 is 0 Å². The van der Waals surface area contributed by atoms with E-state index in [1.54, 1.807) is 25.3 Å². The topological polar surface area (TPSA) is 38.3 Å². The number of hydrogen-bond donors (Lipinski definition) is 1. The first-order valence-electron chi connectivity index (χ1n) is 7.34. The van der Waals surface area contributed by atoms with Gasteiger partial charge in [0.1, 0.15) is 11.6 Å². The van der Waals surface area contributed by atoms with Crippen LogP contribution in [-0.2, 0) is 10.5 Å². The number of ether oxygens (including phenoxy) is 1. The molecule has 0 unspecified atom stereocenters. The zero-order valence-corrected chi connectivity index (χ0v) is 14.0. The van der Waals surface area contributed by atoms with Crippen molar-refractivity contribution in [3.05, 3.63) is 65.5 Å². The van der Waals surface area contributed by atoms with Crippen molar-refractivity contribution in [3.8, 4) is 5.75 Å². The smallest absolute Gasteiger partial charge is 0.230 e. The van der Waals surface area contributed by atoms with E-state index in [-0.39, 0.29) is 17.8 Å². The van der Waals surface area contributed by atoms with Gasteiger partial charge in [-0.2, -0.15) is 0 Å². The number of halogens is 1. The van der Waals surface area contributed by atoms with Crippen molar-refractivity contribution >= 4 is 17.7 Å². The summed E-state index contributed by atoms with van der Waals surface area (Å²) in [4.78, 5) is 12.0. The van der Waals surface area contributed by atoms with E-state index in [0.717, 1.165) is 11.3 Å². The van der Waals surface area contributed by atoms with Crippen molar-refractivity contribution in [3.63, 3.8) is 0 Å². The van der Waals surface area contributed by atoms with E-state index in [9.17, 15) is 9.18 Å². The van der Waals surface area contributed by atoms with Gasteiger partial charge in [0.15, 0.2) is 0 Å². The Morgan fingerprint density at radius 1 is 1.22 bits per heavy atom. The van der Waals surface area contributed by atoms with E-state index < -0.39 is 0 Å². The molecule has 0 saturated heterocycles. The molecule has 122 valence electrons. The molecular formula is C18H20FNO2S. The summed E-state index contributed by atoms with van der Waals surface area (Å²) in [6, 6.07) is 14.1. The maximum atomic E-state index is 13.5. The maximum Gasteiger partial charge on any atom is 0.230 e. The number of hydrogen-bond acceptors (Lipinski definition) is 3. The minimum Gasteiger partial charge on any atom is -0.497 e. The number of rotatable bonds is 7. The highest BCUT2D eigenvalue weighted by Gasteiger charge is 2.10.